The number of carbonyl (C=O) groups excluding carboxylic acids is 3. The first-order valence-electron chi connectivity index (χ1n) is 9.85. The average molecular weight is 454 g/mol. The van der Waals surface area contributed by atoms with Gasteiger partial charge in [0, 0.05) is 5.56 Å². The van der Waals surface area contributed by atoms with Gasteiger partial charge in [-0.1, -0.05) is 23.9 Å². The number of thioether (sulfide) groups is 1. The van der Waals surface area contributed by atoms with Crippen LogP contribution in [0.25, 0.3) is 11.5 Å². The van der Waals surface area contributed by atoms with E-state index >= 15 is 0 Å². The van der Waals surface area contributed by atoms with Crippen LogP contribution in [-0.2, 0) is 16.0 Å². The molecule has 1 aliphatic heterocycles. The molecule has 2 unspecified atom stereocenters. The largest absolute Gasteiger partial charge is 0.452 e. The van der Waals surface area contributed by atoms with E-state index < -0.39 is 17.3 Å². The summed E-state index contributed by atoms with van der Waals surface area (Å²) in [5.41, 5.74) is 2.27. The molecule has 1 aromatic heterocycles. The van der Waals surface area contributed by atoms with Crippen molar-refractivity contribution in [2.24, 2.45) is 0 Å². The van der Waals surface area contributed by atoms with Crippen molar-refractivity contribution >= 4 is 28.9 Å². The van der Waals surface area contributed by atoms with Crippen LogP contribution in [0.15, 0.2) is 52.9 Å². The van der Waals surface area contributed by atoms with Crippen molar-refractivity contribution < 1.29 is 27.9 Å². The van der Waals surface area contributed by atoms with Gasteiger partial charge in [-0.05, 0) is 62.2 Å². The molecular weight excluding hydrogens is 435 g/mol. The van der Waals surface area contributed by atoms with Crippen molar-refractivity contribution in [3.8, 4) is 11.5 Å². The first-order chi connectivity index (χ1) is 15.3. The molecule has 9 heteroatoms. The number of oxazole rings is 1. The molecule has 1 saturated heterocycles. The highest BCUT2D eigenvalue weighted by Gasteiger charge is 2.31. The summed E-state index contributed by atoms with van der Waals surface area (Å²) >= 11 is 0.962. The first kappa shape index (κ1) is 21.8. The summed E-state index contributed by atoms with van der Waals surface area (Å²) in [5.74, 6) is -0.374. The summed E-state index contributed by atoms with van der Waals surface area (Å²) in [4.78, 5) is 40.0. The molecule has 164 valence electrons. The van der Waals surface area contributed by atoms with Crippen molar-refractivity contribution in [2.45, 2.75) is 31.6 Å². The highest BCUT2D eigenvalue weighted by atomic mass is 32.2. The Morgan fingerprint density at radius 1 is 1.19 bits per heavy atom. The zero-order valence-corrected chi connectivity index (χ0v) is 18.1. The lowest BCUT2D eigenvalue weighted by molar-refractivity contribution is -0.118. The van der Waals surface area contributed by atoms with Crippen LogP contribution in [0.2, 0.25) is 0 Å². The van der Waals surface area contributed by atoms with Crippen LogP contribution in [0.3, 0.4) is 0 Å². The van der Waals surface area contributed by atoms with Crippen molar-refractivity contribution in [1.82, 2.24) is 10.3 Å². The van der Waals surface area contributed by atoms with E-state index in [-0.39, 0.29) is 17.0 Å². The first-order valence-corrected chi connectivity index (χ1v) is 10.7. The van der Waals surface area contributed by atoms with E-state index in [0.717, 1.165) is 17.3 Å². The minimum Gasteiger partial charge on any atom is -0.452 e. The molecule has 2 amide bonds. The maximum absolute atomic E-state index is 13.1. The van der Waals surface area contributed by atoms with Gasteiger partial charge >= 0.3 is 5.97 Å². The minimum atomic E-state index is -0.662. The number of nitrogens with one attached hydrogen (secondary N) is 1. The Kier molecular flexibility index (Phi) is 6.09. The summed E-state index contributed by atoms with van der Waals surface area (Å²) in [6, 6.07) is 12.4. The number of hydrogen-bond donors (Lipinski definition) is 1. The van der Waals surface area contributed by atoms with Gasteiger partial charge in [0.25, 0.3) is 5.24 Å². The summed E-state index contributed by atoms with van der Waals surface area (Å²) in [7, 11) is 0. The lowest BCUT2D eigenvalue weighted by Crippen LogP contribution is -2.25. The third kappa shape index (κ3) is 4.72. The average Bonchev–Trinajstić information content (AvgIpc) is 3.30. The molecule has 0 bridgehead atoms. The molecular formula is C23H19FN2O5S. The van der Waals surface area contributed by atoms with Crippen LogP contribution in [0.5, 0.6) is 0 Å². The standard InChI is InChI=1S/C23H19FN2O5S/c1-12-19(25-21(30-12)15-7-9-17(24)10-8-15)13(2)31-22(28)16-5-3-14(4-6-16)11-18-20(27)26-23(29)32-18/h3-10,13,18H,11H2,1-2H3,(H,26,27,29). The molecule has 2 heterocycles. The van der Waals surface area contributed by atoms with Crippen LogP contribution in [-0.4, -0.2) is 27.3 Å². The molecule has 0 saturated carbocycles. The number of halogens is 1. The Balaban J connectivity index is 1.41. The topological polar surface area (TPSA) is 98.5 Å². The van der Waals surface area contributed by atoms with E-state index in [4.69, 9.17) is 9.15 Å². The Hall–Kier alpha value is -3.46. The predicted octanol–water partition coefficient (Wildman–Crippen LogP) is 4.60. The molecule has 0 aliphatic carbocycles. The second-order valence-electron chi connectivity index (χ2n) is 7.30. The van der Waals surface area contributed by atoms with Crippen LogP contribution >= 0.6 is 11.8 Å². The van der Waals surface area contributed by atoms with Gasteiger partial charge < -0.3 is 9.15 Å². The second kappa shape index (κ2) is 8.96. The van der Waals surface area contributed by atoms with E-state index in [2.05, 4.69) is 10.3 Å². The highest BCUT2D eigenvalue weighted by molar-refractivity contribution is 8.15. The number of ether oxygens (including phenoxy) is 1. The highest BCUT2D eigenvalue weighted by Crippen LogP contribution is 2.28. The van der Waals surface area contributed by atoms with Gasteiger partial charge in [0.15, 0.2) is 0 Å². The SMILES string of the molecule is Cc1oc(-c2ccc(F)cc2)nc1C(C)OC(=O)c1ccc(CC2SC(=O)NC2=O)cc1. The van der Waals surface area contributed by atoms with Crippen LogP contribution < -0.4 is 5.32 Å². The third-order valence-electron chi connectivity index (χ3n) is 4.97. The zero-order chi connectivity index (χ0) is 22.8. The quantitative estimate of drug-likeness (QED) is 0.544. The predicted molar refractivity (Wildman–Crippen MR) is 116 cm³/mol. The zero-order valence-electron chi connectivity index (χ0n) is 17.3. The smallest absolute Gasteiger partial charge is 0.338 e. The van der Waals surface area contributed by atoms with Crippen molar-refractivity contribution in [2.75, 3.05) is 0 Å². The molecule has 2 aromatic carbocycles. The lowest BCUT2D eigenvalue weighted by Gasteiger charge is -2.12. The number of benzene rings is 2. The summed E-state index contributed by atoms with van der Waals surface area (Å²) in [6.07, 6.45) is -0.275. The Bertz CT molecular complexity index is 1170. The third-order valence-corrected chi connectivity index (χ3v) is 5.95. The monoisotopic (exact) mass is 454 g/mol. The number of carbonyl (C=O) groups is 3. The molecule has 1 fully saturated rings. The number of nitrogens with zero attached hydrogens (tertiary/aromatic N) is 1. The van der Waals surface area contributed by atoms with Gasteiger partial charge in [-0.15, -0.1) is 0 Å². The van der Waals surface area contributed by atoms with E-state index in [1.54, 1.807) is 50.2 Å². The number of rotatable bonds is 6. The Morgan fingerprint density at radius 3 is 2.50 bits per heavy atom. The molecule has 0 radical (unpaired) electrons. The van der Waals surface area contributed by atoms with Gasteiger partial charge in [0.05, 0.1) is 10.8 Å². The number of imide groups is 1. The number of esters is 1. The number of amides is 2. The van der Waals surface area contributed by atoms with E-state index in [1.807, 2.05) is 0 Å². The van der Waals surface area contributed by atoms with Crippen LogP contribution in [0.1, 0.15) is 40.4 Å². The molecule has 1 N–H and O–H groups in total. The van der Waals surface area contributed by atoms with Gasteiger partial charge in [-0.2, -0.15) is 0 Å². The van der Waals surface area contributed by atoms with Crippen LogP contribution in [0.4, 0.5) is 9.18 Å². The molecule has 3 aromatic rings. The van der Waals surface area contributed by atoms with Gasteiger partial charge in [-0.3, -0.25) is 14.9 Å². The Morgan fingerprint density at radius 2 is 1.88 bits per heavy atom. The lowest BCUT2D eigenvalue weighted by atomic mass is 10.1. The molecule has 2 atom stereocenters. The fraction of sp³-hybridized carbons (Fsp3) is 0.217. The second-order valence-corrected chi connectivity index (χ2v) is 8.47. The number of aromatic nitrogens is 1. The fourth-order valence-electron chi connectivity index (χ4n) is 3.30. The Labute approximate surface area is 187 Å². The maximum Gasteiger partial charge on any atom is 0.338 e. The minimum absolute atomic E-state index is 0.305. The number of hydrogen-bond acceptors (Lipinski definition) is 7. The van der Waals surface area contributed by atoms with Crippen molar-refractivity contribution in [3.05, 3.63) is 76.9 Å². The molecule has 1 aliphatic rings. The summed E-state index contributed by atoms with van der Waals surface area (Å²) in [5, 5.41) is 1.44. The normalized spacial score (nSPS) is 16.7. The summed E-state index contributed by atoms with van der Waals surface area (Å²) in [6.45, 7) is 3.41. The van der Waals surface area contributed by atoms with Crippen molar-refractivity contribution in [3.63, 3.8) is 0 Å². The number of aryl methyl sites for hydroxylation is 1. The molecule has 0 spiro atoms. The van der Waals surface area contributed by atoms with E-state index in [0.29, 0.717) is 34.9 Å². The van der Waals surface area contributed by atoms with Crippen molar-refractivity contribution in [1.29, 1.82) is 0 Å². The van der Waals surface area contributed by atoms with Gasteiger partial charge in [0.2, 0.25) is 11.8 Å². The maximum atomic E-state index is 13.1. The molecule has 7 nitrogen and oxygen atoms in total. The van der Waals surface area contributed by atoms with E-state index in [1.165, 1.54) is 12.1 Å². The molecule has 4 rings (SSSR count). The fourth-order valence-corrected chi connectivity index (χ4v) is 4.16. The summed E-state index contributed by atoms with van der Waals surface area (Å²) < 4.78 is 24.3. The molecule has 32 heavy (non-hydrogen) atoms. The van der Waals surface area contributed by atoms with Gasteiger partial charge in [-0.25, -0.2) is 14.2 Å². The van der Waals surface area contributed by atoms with E-state index in [9.17, 15) is 18.8 Å². The van der Waals surface area contributed by atoms with Crippen LogP contribution in [0, 0.1) is 12.7 Å². The van der Waals surface area contributed by atoms with Gasteiger partial charge in [0.1, 0.15) is 23.4 Å².